The van der Waals surface area contributed by atoms with E-state index in [2.05, 4.69) is 0 Å². The molecule has 0 aliphatic heterocycles. The third-order valence-corrected chi connectivity index (χ3v) is 0. The molecule has 0 rings (SSSR count). The molecule has 0 fully saturated rings. The SMILES string of the molecule is O.O.O.O=S(=O)(O)O.O=S(=O)(O)O.O=S(=O)(O)O.[CaH2].[CaH2]. The molecule has 0 aliphatic carbocycles. The fourth-order valence-corrected chi connectivity index (χ4v) is 0. The molecule has 12 N–H and O–H groups in total. The second-order valence-corrected chi connectivity index (χ2v) is 4.03. The standard InChI is InChI=1S/2Ca.3H2O4S.3H2O.4H/c;;3*1-5(2,3)4;;;;;;;/h;;3*(H2,1,2,3,4);3*1H2;;;;. The van der Waals surface area contributed by atoms with Gasteiger partial charge in [0.15, 0.2) is 0 Å². The van der Waals surface area contributed by atoms with Crippen molar-refractivity contribution in [3.63, 3.8) is 0 Å². The molecule has 0 bridgehead atoms. The van der Waals surface area contributed by atoms with Crippen molar-refractivity contribution in [2.45, 2.75) is 0 Å². The molecule has 20 heavy (non-hydrogen) atoms. The van der Waals surface area contributed by atoms with E-state index in [1.54, 1.807) is 0 Å². The molecule has 0 amide bonds. The van der Waals surface area contributed by atoms with Gasteiger partial charge in [0, 0.05) is 0 Å². The molecule has 0 aliphatic rings. The Morgan fingerprint density at radius 3 is 0.400 bits per heavy atom. The summed E-state index contributed by atoms with van der Waals surface area (Å²) in [6.07, 6.45) is 0. The monoisotopic (exact) mass is 432 g/mol. The number of rotatable bonds is 0. The molecule has 0 spiro atoms. The molecule has 0 heterocycles. The average Bonchev–Trinajstić information content (AvgIpc) is 1.41. The molecular formula is H16Ca2O15S3. The molecule has 128 valence electrons. The van der Waals surface area contributed by atoms with Gasteiger partial charge in [-0.25, -0.2) is 0 Å². The van der Waals surface area contributed by atoms with E-state index in [1.165, 1.54) is 0 Å². The first-order chi connectivity index (χ1) is 6.00. The Bertz CT molecular complexity index is 342. The van der Waals surface area contributed by atoms with Gasteiger partial charge in [0.1, 0.15) is 0 Å². The molecule has 0 unspecified atom stereocenters. The van der Waals surface area contributed by atoms with Gasteiger partial charge in [-0.2, -0.15) is 25.3 Å². The molecule has 0 radical (unpaired) electrons. The summed E-state index contributed by atoms with van der Waals surface area (Å²) < 4.78 is 94.8. The van der Waals surface area contributed by atoms with Crippen molar-refractivity contribution in [1.82, 2.24) is 0 Å². The number of hydrogen-bond acceptors (Lipinski definition) is 6. The van der Waals surface area contributed by atoms with E-state index >= 15 is 0 Å². The predicted octanol–water partition coefficient (Wildman–Crippen LogP) is -6.26. The van der Waals surface area contributed by atoms with E-state index in [4.69, 9.17) is 52.6 Å². The van der Waals surface area contributed by atoms with Crippen LogP contribution in [0.15, 0.2) is 0 Å². The van der Waals surface area contributed by atoms with Crippen molar-refractivity contribution in [2.24, 2.45) is 0 Å². The minimum absolute atomic E-state index is 0. The van der Waals surface area contributed by atoms with Crippen LogP contribution >= 0.6 is 0 Å². The van der Waals surface area contributed by atoms with E-state index in [0.717, 1.165) is 0 Å². The zero-order chi connectivity index (χ0) is 13.5. The topological polar surface area (TPSA) is 318 Å². The van der Waals surface area contributed by atoms with Crippen molar-refractivity contribution in [2.75, 3.05) is 0 Å². The van der Waals surface area contributed by atoms with Gasteiger partial charge in [-0.05, 0) is 0 Å². The van der Waals surface area contributed by atoms with E-state index in [0.29, 0.717) is 0 Å². The van der Waals surface area contributed by atoms with Crippen LogP contribution in [-0.4, -0.2) is 144 Å². The van der Waals surface area contributed by atoms with Gasteiger partial charge in [0.25, 0.3) is 0 Å². The van der Waals surface area contributed by atoms with Gasteiger partial charge in [-0.3, -0.25) is 27.3 Å². The normalized spacial score (nSPS) is 8.70. The Kier molecular flexibility index (Phi) is 52.0. The molecule has 0 saturated carbocycles. The van der Waals surface area contributed by atoms with Crippen molar-refractivity contribution in [3.8, 4) is 0 Å². The third-order valence-electron chi connectivity index (χ3n) is 0. The van der Waals surface area contributed by atoms with Crippen LogP contribution in [0.3, 0.4) is 0 Å². The van der Waals surface area contributed by atoms with Gasteiger partial charge in [0.2, 0.25) is 0 Å². The van der Waals surface area contributed by atoms with Gasteiger partial charge in [0.05, 0.1) is 0 Å². The molecule has 0 aromatic carbocycles. The zero-order valence-electron chi connectivity index (χ0n) is 7.86. The fraction of sp³-hybridized carbons (Fsp3) is 0. The number of hydrogen-bond donors (Lipinski definition) is 6. The van der Waals surface area contributed by atoms with Crippen LogP contribution in [0.5, 0.6) is 0 Å². The molecule has 0 saturated heterocycles. The Balaban J connectivity index is -0.0000000160. The van der Waals surface area contributed by atoms with Crippen LogP contribution in [0.1, 0.15) is 0 Å². The molecule has 0 aromatic heterocycles. The first-order valence-electron chi connectivity index (χ1n) is 2.10. The Hall–Kier alpha value is 2.01. The van der Waals surface area contributed by atoms with E-state index in [9.17, 15) is 0 Å². The first-order valence-corrected chi connectivity index (χ1v) is 6.29. The second-order valence-electron chi connectivity index (χ2n) is 1.34. The van der Waals surface area contributed by atoms with E-state index in [-0.39, 0.29) is 91.9 Å². The van der Waals surface area contributed by atoms with Crippen LogP contribution in [0.2, 0.25) is 0 Å². The van der Waals surface area contributed by atoms with Crippen LogP contribution < -0.4 is 0 Å². The van der Waals surface area contributed by atoms with E-state index < -0.39 is 31.2 Å². The summed E-state index contributed by atoms with van der Waals surface area (Å²) in [7, 11) is -14.0. The van der Waals surface area contributed by atoms with Gasteiger partial charge >= 0.3 is 107 Å². The first kappa shape index (κ1) is 49.5. The van der Waals surface area contributed by atoms with Gasteiger partial charge < -0.3 is 16.4 Å². The fourth-order valence-electron chi connectivity index (χ4n) is 0. The summed E-state index contributed by atoms with van der Waals surface area (Å²) in [6, 6.07) is 0. The zero-order valence-corrected chi connectivity index (χ0v) is 10.3. The maximum absolute atomic E-state index is 8.74. The van der Waals surface area contributed by atoms with Crippen LogP contribution in [-0.2, 0) is 31.2 Å². The van der Waals surface area contributed by atoms with Crippen LogP contribution in [0.25, 0.3) is 0 Å². The Morgan fingerprint density at radius 1 is 0.400 bits per heavy atom. The quantitative estimate of drug-likeness (QED) is 0.154. The van der Waals surface area contributed by atoms with Crippen molar-refractivity contribution in [1.29, 1.82) is 0 Å². The van der Waals surface area contributed by atoms with Crippen molar-refractivity contribution >= 4 is 107 Å². The Morgan fingerprint density at radius 2 is 0.400 bits per heavy atom. The second kappa shape index (κ2) is 21.0. The van der Waals surface area contributed by atoms with Crippen molar-refractivity contribution < 1.29 is 69.0 Å². The predicted molar refractivity (Wildman–Crippen MR) is 70.5 cm³/mol. The summed E-state index contributed by atoms with van der Waals surface area (Å²) in [5.74, 6) is 0. The maximum atomic E-state index is 8.74. The molecule has 0 aromatic rings. The summed E-state index contributed by atoms with van der Waals surface area (Å²) in [5.41, 5.74) is 0. The van der Waals surface area contributed by atoms with Crippen LogP contribution in [0.4, 0.5) is 0 Å². The van der Waals surface area contributed by atoms with E-state index in [1.807, 2.05) is 0 Å². The summed E-state index contributed by atoms with van der Waals surface area (Å²) >= 11 is 0. The van der Waals surface area contributed by atoms with Crippen molar-refractivity contribution in [3.05, 3.63) is 0 Å². The summed E-state index contributed by atoms with van der Waals surface area (Å²) in [6.45, 7) is 0. The molecule has 20 heteroatoms. The third kappa shape index (κ3) is 1790. The molecular weight excluding hydrogens is 416 g/mol. The van der Waals surface area contributed by atoms with Crippen LogP contribution in [0, 0.1) is 0 Å². The molecule has 0 atom stereocenters. The average molecular weight is 432 g/mol. The minimum atomic E-state index is -4.67. The van der Waals surface area contributed by atoms with Gasteiger partial charge in [-0.15, -0.1) is 0 Å². The summed E-state index contributed by atoms with van der Waals surface area (Å²) in [5, 5.41) is 0. The Labute approximate surface area is 173 Å². The molecule has 15 nitrogen and oxygen atoms in total. The van der Waals surface area contributed by atoms with Gasteiger partial charge in [-0.1, -0.05) is 0 Å². The summed E-state index contributed by atoms with van der Waals surface area (Å²) in [4.78, 5) is 0.